The average Bonchev–Trinajstić information content (AvgIpc) is 3.38. The Kier molecular flexibility index (Phi) is 8.07. The summed E-state index contributed by atoms with van der Waals surface area (Å²) >= 11 is 12.2. The fourth-order valence-electron chi connectivity index (χ4n) is 3.02. The summed E-state index contributed by atoms with van der Waals surface area (Å²) in [6.45, 7) is 5.32. The number of halogens is 3. The number of aliphatic imine (C=N–C) groups is 1. The second-order valence-electron chi connectivity index (χ2n) is 6.48. The SMILES string of the molecule is CC(NC(N)=NCC1CN(C2CC2)CCO1)c1ccc(Cl)cc1Cl.I. The number of ether oxygens (including phenoxy) is 1. The van der Waals surface area contributed by atoms with E-state index in [2.05, 4.69) is 15.2 Å². The first-order chi connectivity index (χ1) is 11.5. The summed E-state index contributed by atoms with van der Waals surface area (Å²) in [5, 5.41) is 4.41. The Balaban J connectivity index is 0.00000225. The number of hydrogen-bond acceptors (Lipinski definition) is 3. The minimum absolute atomic E-state index is 0. The molecule has 2 atom stereocenters. The van der Waals surface area contributed by atoms with Crippen molar-refractivity contribution in [3.05, 3.63) is 33.8 Å². The highest BCUT2D eigenvalue weighted by Gasteiger charge is 2.32. The van der Waals surface area contributed by atoms with Crippen LogP contribution in [0.5, 0.6) is 0 Å². The van der Waals surface area contributed by atoms with Crippen LogP contribution in [0.15, 0.2) is 23.2 Å². The molecule has 1 aromatic rings. The van der Waals surface area contributed by atoms with E-state index >= 15 is 0 Å². The summed E-state index contributed by atoms with van der Waals surface area (Å²) in [5.74, 6) is 0.403. The Morgan fingerprint density at radius 3 is 2.88 bits per heavy atom. The predicted octanol–water partition coefficient (Wildman–Crippen LogP) is 3.44. The molecule has 3 rings (SSSR count). The highest BCUT2D eigenvalue weighted by atomic mass is 127. The van der Waals surface area contributed by atoms with Crippen molar-refractivity contribution in [2.45, 2.75) is 38.0 Å². The van der Waals surface area contributed by atoms with Crippen LogP contribution in [0, 0.1) is 0 Å². The third-order valence-corrected chi connectivity index (χ3v) is 5.05. The highest BCUT2D eigenvalue weighted by Crippen LogP contribution is 2.28. The summed E-state index contributed by atoms with van der Waals surface area (Å²) in [5.41, 5.74) is 6.95. The molecule has 0 amide bonds. The molecule has 2 unspecified atom stereocenters. The van der Waals surface area contributed by atoms with Gasteiger partial charge in [-0.1, -0.05) is 29.3 Å². The fourth-order valence-corrected chi connectivity index (χ4v) is 3.59. The quantitative estimate of drug-likeness (QED) is 0.371. The van der Waals surface area contributed by atoms with Gasteiger partial charge in [0.15, 0.2) is 5.96 Å². The first kappa shape index (κ1) is 21.0. The van der Waals surface area contributed by atoms with Gasteiger partial charge in [0.25, 0.3) is 0 Å². The number of benzene rings is 1. The van der Waals surface area contributed by atoms with Gasteiger partial charge in [0.1, 0.15) is 0 Å². The smallest absolute Gasteiger partial charge is 0.189 e. The molecular formula is C17H25Cl2IN4O. The Morgan fingerprint density at radius 1 is 1.44 bits per heavy atom. The zero-order chi connectivity index (χ0) is 17.1. The lowest BCUT2D eigenvalue weighted by molar-refractivity contribution is -0.0259. The molecule has 0 spiro atoms. The van der Waals surface area contributed by atoms with Gasteiger partial charge < -0.3 is 15.8 Å². The lowest BCUT2D eigenvalue weighted by atomic mass is 10.1. The van der Waals surface area contributed by atoms with Crippen molar-refractivity contribution < 1.29 is 4.74 Å². The van der Waals surface area contributed by atoms with E-state index in [4.69, 9.17) is 33.7 Å². The topological polar surface area (TPSA) is 62.9 Å². The van der Waals surface area contributed by atoms with Crippen LogP contribution in [-0.4, -0.2) is 49.2 Å². The summed E-state index contributed by atoms with van der Waals surface area (Å²) in [4.78, 5) is 6.94. The molecule has 5 nitrogen and oxygen atoms in total. The van der Waals surface area contributed by atoms with Crippen LogP contribution < -0.4 is 11.1 Å². The van der Waals surface area contributed by atoms with Gasteiger partial charge in [-0.3, -0.25) is 9.89 Å². The molecular weight excluding hydrogens is 474 g/mol. The lowest BCUT2D eigenvalue weighted by Crippen LogP contribution is -2.45. The molecule has 1 aliphatic carbocycles. The molecule has 1 aromatic carbocycles. The summed E-state index contributed by atoms with van der Waals surface area (Å²) in [6, 6.07) is 6.16. The first-order valence-corrected chi connectivity index (χ1v) is 9.15. The molecule has 8 heteroatoms. The van der Waals surface area contributed by atoms with E-state index < -0.39 is 0 Å². The van der Waals surface area contributed by atoms with E-state index in [1.165, 1.54) is 12.8 Å². The molecule has 2 fully saturated rings. The van der Waals surface area contributed by atoms with Crippen molar-refractivity contribution in [3.63, 3.8) is 0 Å². The van der Waals surface area contributed by atoms with Crippen LogP contribution in [0.3, 0.4) is 0 Å². The molecule has 1 saturated carbocycles. The number of hydrogen-bond donors (Lipinski definition) is 2. The van der Waals surface area contributed by atoms with Gasteiger partial charge in [0.2, 0.25) is 0 Å². The normalized spacial score (nSPS) is 23.0. The fraction of sp³-hybridized carbons (Fsp3) is 0.588. The Morgan fingerprint density at radius 2 is 2.20 bits per heavy atom. The number of guanidine groups is 1. The van der Waals surface area contributed by atoms with Crippen LogP contribution in [-0.2, 0) is 4.74 Å². The highest BCUT2D eigenvalue weighted by molar-refractivity contribution is 14.0. The summed E-state index contributed by atoms with van der Waals surface area (Å²) in [7, 11) is 0. The van der Waals surface area contributed by atoms with Crippen molar-refractivity contribution in [1.29, 1.82) is 0 Å². The van der Waals surface area contributed by atoms with E-state index in [0.717, 1.165) is 31.3 Å². The van der Waals surface area contributed by atoms with Crippen LogP contribution in [0.4, 0.5) is 0 Å². The molecule has 0 aromatic heterocycles. The summed E-state index contributed by atoms with van der Waals surface area (Å²) in [6.07, 6.45) is 2.76. The molecule has 1 heterocycles. The van der Waals surface area contributed by atoms with E-state index in [1.807, 2.05) is 19.1 Å². The van der Waals surface area contributed by atoms with E-state index in [1.54, 1.807) is 6.07 Å². The Labute approximate surface area is 176 Å². The zero-order valence-electron chi connectivity index (χ0n) is 14.3. The number of rotatable bonds is 5. The number of nitrogens with zero attached hydrogens (tertiary/aromatic N) is 2. The second-order valence-corrected chi connectivity index (χ2v) is 7.32. The number of morpholine rings is 1. The largest absolute Gasteiger partial charge is 0.374 e. The van der Waals surface area contributed by atoms with Crippen LogP contribution in [0.1, 0.15) is 31.4 Å². The molecule has 25 heavy (non-hydrogen) atoms. The molecule has 0 bridgehead atoms. The standard InChI is InChI=1S/C17H24Cl2N4O.HI/c1-11(15-5-2-12(18)8-16(15)19)22-17(20)21-9-14-10-23(6-7-24-14)13-3-4-13;/h2,5,8,11,13-14H,3-4,6-7,9-10H2,1H3,(H3,20,21,22);1H. The van der Waals surface area contributed by atoms with Gasteiger partial charge in [-0.2, -0.15) is 0 Å². The van der Waals surface area contributed by atoms with Crippen LogP contribution in [0.2, 0.25) is 10.0 Å². The monoisotopic (exact) mass is 498 g/mol. The van der Waals surface area contributed by atoms with E-state index in [9.17, 15) is 0 Å². The molecule has 3 N–H and O–H groups in total. The lowest BCUT2D eigenvalue weighted by Gasteiger charge is -2.32. The third-order valence-electron chi connectivity index (χ3n) is 4.49. The van der Waals surface area contributed by atoms with Gasteiger partial charge in [-0.25, -0.2) is 0 Å². The van der Waals surface area contributed by atoms with Crippen LogP contribution in [0.25, 0.3) is 0 Å². The molecule has 0 radical (unpaired) electrons. The minimum Gasteiger partial charge on any atom is -0.374 e. The van der Waals surface area contributed by atoms with Crippen molar-refractivity contribution in [2.24, 2.45) is 10.7 Å². The maximum absolute atomic E-state index is 6.23. The number of nitrogens with two attached hydrogens (primary N) is 1. The van der Waals surface area contributed by atoms with Gasteiger partial charge in [0, 0.05) is 29.2 Å². The maximum Gasteiger partial charge on any atom is 0.189 e. The van der Waals surface area contributed by atoms with Crippen molar-refractivity contribution in [1.82, 2.24) is 10.2 Å². The maximum atomic E-state index is 6.23. The molecule has 1 saturated heterocycles. The van der Waals surface area contributed by atoms with E-state index in [-0.39, 0.29) is 36.1 Å². The van der Waals surface area contributed by atoms with E-state index in [0.29, 0.717) is 22.5 Å². The van der Waals surface area contributed by atoms with Gasteiger partial charge >= 0.3 is 0 Å². The Hall–Kier alpha value is -0.280. The van der Waals surface area contributed by atoms with Gasteiger partial charge in [-0.05, 0) is 37.5 Å². The second kappa shape index (κ2) is 9.60. The van der Waals surface area contributed by atoms with Crippen molar-refractivity contribution in [2.75, 3.05) is 26.2 Å². The van der Waals surface area contributed by atoms with Crippen LogP contribution >= 0.6 is 47.2 Å². The van der Waals surface area contributed by atoms with Crippen molar-refractivity contribution in [3.8, 4) is 0 Å². The molecule has 1 aliphatic heterocycles. The van der Waals surface area contributed by atoms with Gasteiger partial charge in [-0.15, -0.1) is 24.0 Å². The predicted molar refractivity (Wildman–Crippen MR) is 114 cm³/mol. The van der Waals surface area contributed by atoms with Crippen molar-refractivity contribution >= 4 is 53.1 Å². The number of nitrogens with one attached hydrogen (secondary N) is 1. The molecule has 2 aliphatic rings. The Bertz CT molecular complexity index is 612. The summed E-state index contributed by atoms with van der Waals surface area (Å²) < 4.78 is 5.79. The average molecular weight is 499 g/mol. The third kappa shape index (κ3) is 6.13. The van der Waals surface area contributed by atoms with Gasteiger partial charge in [0.05, 0.1) is 25.3 Å². The molecule has 140 valence electrons. The minimum atomic E-state index is -0.0475. The zero-order valence-corrected chi connectivity index (χ0v) is 18.1. The first-order valence-electron chi connectivity index (χ1n) is 8.40.